The second kappa shape index (κ2) is 9.86. The van der Waals surface area contributed by atoms with Gasteiger partial charge in [0.15, 0.2) is 0 Å². The Morgan fingerprint density at radius 1 is 1.05 bits per heavy atom. The molecule has 2 amide bonds. The number of aryl methyl sites for hydroxylation is 1. The van der Waals surface area contributed by atoms with Crippen LogP contribution in [-0.2, 0) is 12.7 Å². The third-order valence-electron chi connectivity index (χ3n) is 6.39. The normalized spacial score (nSPS) is 13.5. The van der Waals surface area contributed by atoms with Gasteiger partial charge >= 0.3 is 6.18 Å². The van der Waals surface area contributed by atoms with Crippen LogP contribution in [0.15, 0.2) is 53.0 Å². The molecular weight excluding hydrogens is 563 g/mol. The van der Waals surface area contributed by atoms with Gasteiger partial charge in [0, 0.05) is 21.5 Å². The third kappa shape index (κ3) is 5.42. The maximum atomic E-state index is 13.5. The van der Waals surface area contributed by atoms with Gasteiger partial charge in [0.1, 0.15) is 5.69 Å². The highest BCUT2D eigenvalue weighted by molar-refractivity contribution is 9.10. The lowest BCUT2D eigenvalue weighted by Gasteiger charge is -2.13. The maximum absolute atomic E-state index is 13.5. The third-order valence-corrected chi connectivity index (χ3v) is 6.88. The first-order valence-electron chi connectivity index (χ1n) is 11.9. The molecular formula is C27H23BrF3N5O2. The summed E-state index contributed by atoms with van der Waals surface area (Å²) in [5.74, 6) is -0.794. The molecule has 2 aromatic carbocycles. The van der Waals surface area contributed by atoms with Crippen LogP contribution in [0.2, 0.25) is 0 Å². The zero-order chi connectivity index (χ0) is 27.2. The number of nitrogens with zero attached hydrogens (tertiary/aromatic N) is 3. The van der Waals surface area contributed by atoms with Crippen molar-refractivity contribution in [2.24, 2.45) is 0 Å². The van der Waals surface area contributed by atoms with E-state index >= 15 is 0 Å². The summed E-state index contributed by atoms with van der Waals surface area (Å²) in [6.07, 6.45) is -2.68. The summed E-state index contributed by atoms with van der Waals surface area (Å²) in [7, 11) is 0. The van der Waals surface area contributed by atoms with Crippen molar-refractivity contribution in [3.63, 3.8) is 0 Å². The predicted octanol–water partition coefficient (Wildman–Crippen LogP) is 6.02. The molecule has 5 rings (SSSR count). The maximum Gasteiger partial charge on any atom is 0.433 e. The number of rotatable bonds is 6. The van der Waals surface area contributed by atoms with Crippen LogP contribution >= 0.6 is 15.9 Å². The molecule has 11 heteroatoms. The van der Waals surface area contributed by atoms with Crippen LogP contribution in [-0.4, -0.2) is 32.6 Å². The highest BCUT2D eigenvalue weighted by Gasteiger charge is 2.34. The Labute approximate surface area is 224 Å². The zero-order valence-electron chi connectivity index (χ0n) is 20.5. The summed E-state index contributed by atoms with van der Waals surface area (Å²) in [4.78, 5) is 29.2. The molecule has 1 saturated carbocycles. The van der Waals surface area contributed by atoms with Crippen LogP contribution in [0.25, 0.3) is 10.9 Å². The Morgan fingerprint density at radius 2 is 1.76 bits per heavy atom. The van der Waals surface area contributed by atoms with Crippen molar-refractivity contribution in [3.05, 3.63) is 86.8 Å². The standard InChI is InChI=1S/C27H23BrF3N5O2/c1-14-24(15(2)36(35-14)13-16-3-5-17(6-4-16)25(37)32-19-8-9-19)34-26(38)21-12-23(27(29,30)31)33-22-10-7-18(28)11-20(21)22/h3-7,10-12,19H,8-9,13H2,1-2H3,(H,32,37)(H,34,38). The number of benzene rings is 2. The van der Waals surface area contributed by atoms with Crippen molar-refractivity contribution in [1.82, 2.24) is 20.1 Å². The fraction of sp³-hybridized carbons (Fsp3) is 0.259. The van der Waals surface area contributed by atoms with Crippen molar-refractivity contribution in [2.45, 2.75) is 45.5 Å². The van der Waals surface area contributed by atoms with Crippen molar-refractivity contribution in [3.8, 4) is 0 Å². The van der Waals surface area contributed by atoms with Crippen molar-refractivity contribution in [1.29, 1.82) is 0 Å². The number of carbonyl (C=O) groups excluding carboxylic acids is 2. The van der Waals surface area contributed by atoms with Gasteiger partial charge < -0.3 is 10.6 Å². The number of hydrogen-bond acceptors (Lipinski definition) is 4. The van der Waals surface area contributed by atoms with E-state index in [2.05, 4.69) is 36.6 Å². The molecule has 0 spiro atoms. The Morgan fingerprint density at radius 3 is 2.42 bits per heavy atom. The van der Waals surface area contributed by atoms with Gasteiger partial charge in [0.2, 0.25) is 0 Å². The number of hydrogen-bond donors (Lipinski definition) is 2. The fourth-order valence-corrected chi connectivity index (χ4v) is 4.54. The van der Waals surface area contributed by atoms with E-state index in [9.17, 15) is 22.8 Å². The van der Waals surface area contributed by atoms with E-state index in [0.717, 1.165) is 24.5 Å². The van der Waals surface area contributed by atoms with E-state index in [1.165, 1.54) is 6.07 Å². The van der Waals surface area contributed by atoms with Gasteiger partial charge in [-0.05, 0) is 68.7 Å². The monoisotopic (exact) mass is 585 g/mol. The van der Waals surface area contributed by atoms with Gasteiger partial charge in [-0.3, -0.25) is 14.3 Å². The van der Waals surface area contributed by atoms with Crippen molar-refractivity contribution in [2.75, 3.05) is 5.32 Å². The van der Waals surface area contributed by atoms with E-state index in [4.69, 9.17) is 0 Å². The second-order valence-corrected chi connectivity index (χ2v) is 10.2. The molecule has 38 heavy (non-hydrogen) atoms. The van der Waals surface area contributed by atoms with Crippen LogP contribution in [0.1, 0.15) is 56.2 Å². The largest absolute Gasteiger partial charge is 0.433 e. The first-order chi connectivity index (χ1) is 18.0. The Hall–Kier alpha value is -3.73. The lowest BCUT2D eigenvalue weighted by Crippen LogP contribution is -2.25. The van der Waals surface area contributed by atoms with E-state index in [1.807, 2.05) is 12.1 Å². The van der Waals surface area contributed by atoms with Gasteiger partial charge in [-0.2, -0.15) is 18.3 Å². The molecule has 1 fully saturated rings. The number of nitrogens with one attached hydrogen (secondary N) is 2. The lowest BCUT2D eigenvalue weighted by atomic mass is 10.1. The number of pyridine rings is 1. The Kier molecular flexibility index (Phi) is 6.72. The quantitative estimate of drug-likeness (QED) is 0.289. The van der Waals surface area contributed by atoms with Crippen LogP contribution in [0.4, 0.5) is 18.9 Å². The van der Waals surface area contributed by atoms with Gasteiger partial charge in [0.05, 0.1) is 34.7 Å². The number of anilines is 1. The number of carbonyl (C=O) groups is 2. The molecule has 196 valence electrons. The summed E-state index contributed by atoms with van der Waals surface area (Å²) in [6.45, 7) is 3.87. The van der Waals surface area contributed by atoms with Crippen molar-refractivity contribution >= 4 is 44.3 Å². The van der Waals surface area contributed by atoms with E-state index in [-0.39, 0.29) is 23.0 Å². The smallest absolute Gasteiger partial charge is 0.349 e. The zero-order valence-corrected chi connectivity index (χ0v) is 22.1. The fourth-order valence-electron chi connectivity index (χ4n) is 4.17. The molecule has 1 aliphatic rings. The minimum Gasteiger partial charge on any atom is -0.349 e. The predicted molar refractivity (Wildman–Crippen MR) is 140 cm³/mol. The van der Waals surface area contributed by atoms with Gasteiger partial charge in [-0.25, -0.2) is 4.98 Å². The Balaban J connectivity index is 1.39. The molecule has 4 aromatic rings. The summed E-state index contributed by atoms with van der Waals surface area (Å²) in [6, 6.07) is 12.8. The molecule has 0 atom stereocenters. The van der Waals surface area contributed by atoms with E-state index in [1.54, 1.807) is 42.8 Å². The summed E-state index contributed by atoms with van der Waals surface area (Å²) >= 11 is 3.31. The Bertz CT molecular complexity index is 1560. The molecule has 2 heterocycles. The summed E-state index contributed by atoms with van der Waals surface area (Å²) in [5, 5.41) is 10.5. The van der Waals surface area contributed by atoms with Crippen molar-refractivity contribution < 1.29 is 22.8 Å². The van der Waals surface area contributed by atoms with Crippen LogP contribution in [0, 0.1) is 13.8 Å². The number of alkyl halides is 3. The van der Waals surface area contributed by atoms with Gasteiger partial charge in [0.25, 0.3) is 11.8 Å². The minimum absolute atomic E-state index is 0.0616. The molecule has 0 radical (unpaired) electrons. The molecule has 0 aliphatic heterocycles. The van der Waals surface area contributed by atoms with Crippen LogP contribution < -0.4 is 10.6 Å². The minimum atomic E-state index is -4.71. The molecule has 2 N–H and O–H groups in total. The number of amides is 2. The molecule has 0 unspecified atom stereocenters. The first-order valence-corrected chi connectivity index (χ1v) is 12.7. The molecule has 0 bridgehead atoms. The van der Waals surface area contributed by atoms with E-state index in [0.29, 0.717) is 39.0 Å². The topological polar surface area (TPSA) is 88.9 Å². The lowest BCUT2D eigenvalue weighted by molar-refractivity contribution is -0.140. The summed E-state index contributed by atoms with van der Waals surface area (Å²) in [5.41, 5.74) is 1.84. The first kappa shape index (κ1) is 25.9. The van der Waals surface area contributed by atoms with Crippen LogP contribution in [0.5, 0.6) is 0 Å². The molecule has 7 nitrogen and oxygen atoms in total. The highest BCUT2D eigenvalue weighted by atomic mass is 79.9. The highest BCUT2D eigenvalue weighted by Crippen LogP contribution is 2.33. The van der Waals surface area contributed by atoms with Gasteiger partial charge in [-0.1, -0.05) is 28.1 Å². The molecule has 2 aromatic heterocycles. The SMILES string of the molecule is Cc1nn(Cc2ccc(C(=O)NC3CC3)cc2)c(C)c1NC(=O)c1cc(C(F)(F)F)nc2ccc(Br)cc12. The molecule has 1 aliphatic carbocycles. The van der Waals surface area contributed by atoms with E-state index < -0.39 is 17.8 Å². The van der Waals surface area contributed by atoms with Crippen LogP contribution in [0.3, 0.4) is 0 Å². The number of aromatic nitrogens is 3. The number of halogens is 4. The van der Waals surface area contributed by atoms with Gasteiger partial charge in [-0.15, -0.1) is 0 Å². The number of fused-ring (bicyclic) bond motifs is 1. The second-order valence-electron chi connectivity index (χ2n) is 9.32. The average Bonchev–Trinajstić information content (AvgIpc) is 3.65. The summed E-state index contributed by atoms with van der Waals surface area (Å²) < 4.78 is 42.8. The average molecular weight is 586 g/mol. The molecule has 0 saturated heterocycles.